The lowest BCUT2D eigenvalue weighted by Gasteiger charge is -2.22. The van der Waals surface area contributed by atoms with Gasteiger partial charge in [-0.2, -0.15) is 0 Å². The van der Waals surface area contributed by atoms with Gasteiger partial charge in [-0.1, -0.05) is 36.4 Å². The minimum Gasteiger partial charge on any atom is -0.496 e. The Morgan fingerprint density at radius 2 is 1.88 bits per heavy atom. The van der Waals surface area contributed by atoms with Crippen LogP contribution in [0.3, 0.4) is 0 Å². The zero-order chi connectivity index (χ0) is 17.8. The second-order valence-electron chi connectivity index (χ2n) is 6.21. The fourth-order valence-electron chi connectivity index (χ4n) is 3.27. The van der Waals surface area contributed by atoms with Crippen molar-refractivity contribution in [2.45, 2.75) is 32.4 Å². The molecule has 0 fully saturated rings. The topological polar surface area (TPSA) is 58.6 Å². The number of hydrogen-bond donors (Lipinski definition) is 1. The Morgan fingerprint density at radius 3 is 2.68 bits per heavy atom. The van der Waals surface area contributed by atoms with Crippen molar-refractivity contribution in [1.29, 1.82) is 0 Å². The number of rotatable bonds is 5. The highest BCUT2D eigenvalue weighted by Gasteiger charge is 2.31. The standard InChI is InChI=1S/C20H22N2O3/c1-14-11-15-7-3-5-9-17(15)22(14)20(24)12-19(23)21-13-16-8-4-6-10-18(16)25-2/h3-10,14H,11-13H2,1-2H3,(H,21,23). The van der Waals surface area contributed by atoms with Crippen LogP contribution in [-0.2, 0) is 22.6 Å². The van der Waals surface area contributed by atoms with Gasteiger partial charge < -0.3 is 15.0 Å². The highest BCUT2D eigenvalue weighted by Crippen LogP contribution is 2.32. The van der Waals surface area contributed by atoms with Gasteiger partial charge in [0.15, 0.2) is 0 Å². The summed E-state index contributed by atoms with van der Waals surface area (Å²) in [6.45, 7) is 2.34. The molecule has 0 bridgehead atoms. The van der Waals surface area contributed by atoms with Crippen molar-refractivity contribution in [3.05, 3.63) is 59.7 Å². The van der Waals surface area contributed by atoms with E-state index in [0.29, 0.717) is 6.54 Å². The van der Waals surface area contributed by atoms with Gasteiger partial charge >= 0.3 is 0 Å². The molecule has 2 amide bonds. The molecule has 130 valence electrons. The molecule has 1 atom stereocenters. The molecule has 5 heteroatoms. The van der Waals surface area contributed by atoms with E-state index in [-0.39, 0.29) is 24.3 Å². The largest absolute Gasteiger partial charge is 0.496 e. The maximum atomic E-state index is 12.6. The number of carbonyl (C=O) groups excluding carboxylic acids is 2. The van der Waals surface area contributed by atoms with Gasteiger partial charge in [0.05, 0.1) is 7.11 Å². The molecule has 25 heavy (non-hydrogen) atoms. The summed E-state index contributed by atoms with van der Waals surface area (Å²) in [6.07, 6.45) is 0.665. The third kappa shape index (κ3) is 3.65. The first-order valence-electron chi connectivity index (χ1n) is 8.38. The van der Waals surface area contributed by atoms with E-state index in [9.17, 15) is 9.59 Å². The molecule has 5 nitrogen and oxygen atoms in total. The van der Waals surface area contributed by atoms with Gasteiger partial charge in [-0.05, 0) is 31.0 Å². The van der Waals surface area contributed by atoms with Crippen LogP contribution in [0.25, 0.3) is 0 Å². The van der Waals surface area contributed by atoms with E-state index in [2.05, 4.69) is 5.32 Å². The summed E-state index contributed by atoms with van der Waals surface area (Å²) in [5, 5.41) is 2.80. The number of carbonyl (C=O) groups is 2. The van der Waals surface area contributed by atoms with Gasteiger partial charge in [0, 0.05) is 23.8 Å². The van der Waals surface area contributed by atoms with E-state index in [0.717, 1.165) is 29.0 Å². The van der Waals surface area contributed by atoms with Crippen LogP contribution in [0.1, 0.15) is 24.5 Å². The van der Waals surface area contributed by atoms with Crippen LogP contribution >= 0.6 is 0 Å². The van der Waals surface area contributed by atoms with Crippen LogP contribution in [-0.4, -0.2) is 25.0 Å². The number of nitrogens with one attached hydrogen (secondary N) is 1. The Hall–Kier alpha value is -2.82. The SMILES string of the molecule is COc1ccccc1CNC(=O)CC(=O)N1c2ccccc2CC1C. The van der Waals surface area contributed by atoms with Crippen LogP contribution < -0.4 is 15.0 Å². The predicted molar refractivity (Wildman–Crippen MR) is 96.6 cm³/mol. The van der Waals surface area contributed by atoms with E-state index >= 15 is 0 Å². The molecular formula is C20H22N2O3. The second-order valence-corrected chi connectivity index (χ2v) is 6.21. The van der Waals surface area contributed by atoms with Crippen LogP contribution in [0.15, 0.2) is 48.5 Å². The Kier molecular flexibility index (Phi) is 5.03. The Bertz CT molecular complexity index is 788. The summed E-state index contributed by atoms with van der Waals surface area (Å²) in [6, 6.07) is 15.4. The van der Waals surface area contributed by atoms with Crippen LogP contribution in [0.4, 0.5) is 5.69 Å². The average Bonchev–Trinajstić information content (AvgIpc) is 2.95. The lowest BCUT2D eigenvalue weighted by Crippen LogP contribution is -2.39. The van der Waals surface area contributed by atoms with Crippen molar-refractivity contribution in [1.82, 2.24) is 5.32 Å². The third-order valence-corrected chi connectivity index (χ3v) is 4.46. The molecule has 1 heterocycles. The van der Waals surface area contributed by atoms with Crippen LogP contribution in [0.5, 0.6) is 5.75 Å². The predicted octanol–water partition coefficient (Wildman–Crippen LogP) is 2.68. The van der Waals surface area contributed by atoms with Crippen molar-refractivity contribution < 1.29 is 14.3 Å². The first-order valence-corrected chi connectivity index (χ1v) is 8.38. The number of methoxy groups -OCH3 is 1. The smallest absolute Gasteiger partial charge is 0.236 e. The van der Waals surface area contributed by atoms with Gasteiger partial charge in [-0.25, -0.2) is 0 Å². The van der Waals surface area contributed by atoms with Crippen molar-refractivity contribution >= 4 is 17.5 Å². The highest BCUT2D eigenvalue weighted by atomic mass is 16.5. The van der Waals surface area contributed by atoms with Crippen LogP contribution in [0, 0.1) is 0 Å². The summed E-state index contributed by atoms with van der Waals surface area (Å²) >= 11 is 0. The number of para-hydroxylation sites is 2. The number of anilines is 1. The summed E-state index contributed by atoms with van der Waals surface area (Å²) in [5.41, 5.74) is 2.95. The quantitative estimate of drug-likeness (QED) is 0.853. The second kappa shape index (κ2) is 7.38. The monoisotopic (exact) mass is 338 g/mol. The Balaban J connectivity index is 1.61. The molecule has 0 radical (unpaired) electrons. The molecule has 0 aromatic heterocycles. The molecule has 0 spiro atoms. The Morgan fingerprint density at radius 1 is 1.16 bits per heavy atom. The molecule has 2 aromatic rings. The maximum Gasteiger partial charge on any atom is 0.236 e. The fourth-order valence-corrected chi connectivity index (χ4v) is 3.27. The van der Waals surface area contributed by atoms with E-state index in [1.54, 1.807) is 12.0 Å². The number of ether oxygens (including phenoxy) is 1. The van der Waals surface area contributed by atoms with Gasteiger partial charge in [-0.15, -0.1) is 0 Å². The molecule has 2 aromatic carbocycles. The zero-order valence-corrected chi connectivity index (χ0v) is 14.5. The summed E-state index contributed by atoms with van der Waals surface area (Å²) in [5.74, 6) is 0.263. The van der Waals surface area contributed by atoms with Crippen molar-refractivity contribution in [2.75, 3.05) is 12.0 Å². The average molecular weight is 338 g/mol. The number of amides is 2. The van der Waals surface area contributed by atoms with E-state index in [1.165, 1.54) is 0 Å². The molecule has 1 unspecified atom stereocenters. The molecule has 1 aliphatic heterocycles. The number of nitrogens with zero attached hydrogens (tertiary/aromatic N) is 1. The van der Waals surface area contributed by atoms with Gasteiger partial charge in [-0.3, -0.25) is 9.59 Å². The first kappa shape index (κ1) is 17.0. The van der Waals surface area contributed by atoms with E-state index < -0.39 is 0 Å². The number of benzene rings is 2. The summed E-state index contributed by atoms with van der Waals surface area (Å²) < 4.78 is 5.27. The molecule has 0 aliphatic carbocycles. The van der Waals surface area contributed by atoms with Crippen molar-refractivity contribution in [3.8, 4) is 5.75 Å². The molecular weight excluding hydrogens is 316 g/mol. The molecule has 0 saturated carbocycles. The molecule has 3 rings (SSSR count). The number of hydrogen-bond acceptors (Lipinski definition) is 3. The zero-order valence-electron chi connectivity index (χ0n) is 14.5. The molecule has 1 aliphatic rings. The summed E-state index contributed by atoms with van der Waals surface area (Å²) in [7, 11) is 1.59. The van der Waals surface area contributed by atoms with Gasteiger partial charge in [0.2, 0.25) is 11.8 Å². The van der Waals surface area contributed by atoms with Gasteiger partial charge in [0.25, 0.3) is 0 Å². The minimum atomic E-state index is -0.285. The van der Waals surface area contributed by atoms with Crippen molar-refractivity contribution in [2.24, 2.45) is 0 Å². The van der Waals surface area contributed by atoms with Gasteiger partial charge in [0.1, 0.15) is 12.2 Å². The first-order chi connectivity index (χ1) is 12.1. The fraction of sp³-hybridized carbons (Fsp3) is 0.300. The van der Waals surface area contributed by atoms with E-state index in [4.69, 9.17) is 4.74 Å². The molecule has 0 saturated heterocycles. The Labute approximate surface area is 147 Å². The van der Waals surface area contributed by atoms with Crippen molar-refractivity contribution in [3.63, 3.8) is 0 Å². The summed E-state index contributed by atoms with van der Waals surface area (Å²) in [4.78, 5) is 26.5. The maximum absolute atomic E-state index is 12.6. The van der Waals surface area contributed by atoms with Crippen LogP contribution in [0.2, 0.25) is 0 Å². The highest BCUT2D eigenvalue weighted by molar-refractivity contribution is 6.06. The number of fused-ring (bicyclic) bond motifs is 1. The lowest BCUT2D eigenvalue weighted by atomic mass is 10.1. The third-order valence-electron chi connectivity index (χ3n) is 4.46. The molecule has 1 N–H and O–H groups in total. The lowest BCUT2D eigenvalue weighted by molar-refractivity contribution is -0.128. The minimum absolute atomic E-state index is 0.0758. The normalized spacial score (nSPS) is 15.6. The van der Waals surface area contributed by atoms with E-state index in [1.807, 2.05) is 55.5 Å².